The van der Waals surface area contributed by atoms with Crippen LogP contribution in [0.15, 0.2) is 53.1 Å². The van der Waals surface area contributed by atoms with Crippen molar-refractivity contribution in [1.82, 2.24) is 5.16 Å². The SMILES string of the molecule is Cc1ccc(-c2cc(COc3ccc(C#N)cc3C)on2)cc1. The highest BCUT2D eigenvalue weighted by molar-refractivity contribution is 5.59. The Labute approximate surface area is 134 Å². The Bertz CT molecular complexity index is 858. The maximum Gasteiger partial charge on any atom is 0.174 e. The second kappa shape index (κ2) is 6.37. The highest BCUT2D eigenvalue weighted by Crippen LogP contribution is 2.23. The van der Waals surface area contributed by atoms with E-state index in [-0.39, 0.29) is 0 Å². The molecule has 0 aliphatic heterocycles. The molecule has 0 saturated heterocycles. The van der Waals surface area contributed by atoms with Crippen molar-refractivity contribution in [2.24, 2.45) is 0 Å². The third-order valence-electron chi connectivity index (χ3n) is 3.58. The molecule has 4 nitrogen and oxygen atoms in total. The first-order chi connectivity index (χ1) is 11.2. The van der Waals surface area contributed by atoms with E-state index in [0.29, 0.717) is 17.9 Å². The van der Waals surface area contributed by atoms with Gasteiger partial charge in [0, 0.05) is 11.6 Å². The Hall–Kier alpha value is -3.06. The van der Waals surface area contributed by atoms with E-state index >= 15 is 0 Å². The number of nitrogens with zero attached hydrogens (tertiary/aromatic N) is 2. The summed E-state index contributed by atoms with van der Waals surface area (Å²) in [5.41, 5.74) is 4.55. The highest BCUT2D eigenvalue weighted by atomic mass is 16.5. The molecule has 0 N–H and O–H groups in total. The standard InChI is InChI=1S/C19H16N2O2/c1-13-3-6-16(7-4-13)18-10-17(23-21-18)12-22-19-8-5-15(11-20)9-14(19)2/h3-10H,12H2,1-2H3. The average molecular weight is 304 g/mol. The number of nitriles is 1. The molecule has 0 aliphatic rings. The van der Waals surface area contributed by atoms with Gasteiger partial charge < -0.3 is 9.26 Å². The van der Waals surface area contributed by atoms with E-state index in [0.717, 1.165) is 22.6 Å². The lowest BCUT2D eigenvalue weighted by Gasteiger charge is -2.07. The summed E-state index contributed by atoms with van der Waals surface area (Å²) >= 11 is 0. The molecule has 0 bridgehead atoms. The number of aromatic nitrogens is 1. The molecule has 0 amide bonds. The Morgan fingerprint density at radius 3 is 2.57 bits per heavy atom. The Morgan fingerprint density at radius 1 is 1.09 bits per heavy atom. The predicted octanol–water partition coefficient (Wildman–Crippen LogP) is 4.41. The van der Waals surface area contributed by atoms with E-state index in [1.54, 1.807) is 18.2 Å². The lowest BCUT2D eigenvalue weighted by Crippen LogP contribution is -1.96. The first kappa shape index (κ1) is 14.9. The average Bonchev–Trinajstić information content (AvgIpc) is 3.03. The Balaban J connectivity index is 1.70. The van der Waals surface area contributed by atoms with E-state index in [9.17, 15) is 0 Å². The van der Waals surface area contributed by atoms with Crippen molar-refractivity contribution < 1.29 is 9.26 Å². The zero-order chi connectivity index (χ0) is 16.2. The number of ether oxygens (including phenoxy) is 1. The van der Waals surface area contributed by atoms with E-state index in [1.165, 1.54) is 5.56 Å². The molecular formula is C19H16N2O2. The van der Waals surface area contributed by atoms with Gasteiger partial charge in [-0.1, -0.05) is 35.0 Å². The van der Waals surface area contributed by atoms with Crippen LogP contribution in [0.1, 0.15) is 22.5 Å². The van der Waals surface area contributed by atoms with Crippen molar-refractivity contribution in [3.63, 3.8) is 0 Å². The van der Waals surface area contributed by atoms with Crippen LogP contribution in [-0.2, 0) is 6.61 Å². The van der Waals surface area contributed by atoms with Crippen molar-refractivity contribution in [2.45, 2.75) is 20.5 Å². The second-order valence-electron chi connectivity index (χ2n) is 5.43. The minimum absolute atomic E-state index is 0.297. The van der Waals surface area contributed by atoms with E-state index in [1.807, 2.05) is 44.2 Å². The zero-order valence-corrected chi connectivity index (χ0v) is 13.0. The van der Waals surface area contributed by atoms with Gasteiger partial charge in [0.25, 0.3) is 0 Å². The van der Waals surface area contributed by atoms with Crippen LogP contribution < -0.4 is 4.74 Å². The number of hydrogen-bond donors (Lipinski definition) is 0. The molecule has 1 heterocycles. The predicted molar refractivity (Wildman–Crippen MR) is 86.9 cm³/mol. The number of hydrogen-bond acceptors (Lipinski definition) is 4. The van der Waals surface area contributed by atoms with Crippen LogP contribution in [0.4, 0.5) is 0 Å². The van der Waals surface area contributed by atoms with Gasteiger partial charge in [-0.3, -0.25) is 0 Å². The van der Waals surface area contributed by atoms with Gasteiger partial charge >= 0.3 is 0 Å². The van der Waals surface area contributed by atoms with E-state index in [4.69, 9.17) is 14.5 Å². The molecule has 23 heavy (non-hydrogen) atoms. The largest absolute Gasteiger partial charge is 0.485 e. The summed E-state index contributed by atoms with van der Waals surface area (Å²) in [5.74, 6) is 1.39. The van der Waals surface area contributed by atoms with E-state index in [2.05, 4.69) is 11.2 Å². The normalized spacial score (nSPS) is 10.3. The van der Waals surface area contributed by atoms with Gasteiger partial charge in [-0.2, -0.15) is 5.26 Å². The molecule has 1 aromatic heterocycles. The van der Waals surface area contributed by atoms with Gasteiger partial charge in [0.1, 0.15) is 18.1 Å². The third-order valence-corrected chi connectivity index (χ3v) is 3.58. The Morgan fingerprint density at radius 2 is 1.87 bits per heavy atom. The molecule has 0 radical (unpaired) electrons. The molecule has 0 saturated carbocycles. The van der Waals surface area contributed by atoms with Gasteiger partial charge in [0.15, 0.2) is 5.76 Å². The summed E-state index contributed by atoms with van der Waals surface area (Å²) in [6.07, 6.45) is 0. The Kier molecular flexibility index (Phi) is 4.11. The second-order valence-corrected chi connectivity index (χ2v) is 5.43. The number of aryl methyl sites for hydroxylation is 2. The van der Waals surface area contributed by atoms with Crippen molar-refractivity contribution in [3.8, 4) is 23.1 Å². The first-order valence-electron chi connectivity index (χ1n) is 7.32. The van der Waals surface area contributed by atoms with Gasteiger partial charge in [0.05, 0.1) is 11.6 Å². The summed E-state index contributed by atoms with van der Waals surface area (Å²) in [6.45, 7) is 4.26. The smallest absolute Gasteiger partial charge is 0.174 e. The maximum atomic E-state index is 8.87. The van der Waals surface area contributed by atoms with Crippen LogP contribution in [0.3, 0.4) is 0 Å². The minimum Gasteiger partial charge on any atom is -0.485 e. The number of rotatable bonds is 4. The summed E-state index contributed by atoms with van der Waals surface area (Å²) in [6, 6.07) is 17.4. The summed E-state index contributed by atoms with van der Waals surface area (Å²) in [5, 5.41) is 13.0. The monoisotopic (exact) mass is 304 g/mol. The number of benzene rings is 2. The van der Waals surface area contributed by atoms with Crippen LogP contribution in [0.2, 0.25) is 0 Å². The molecule has 114 valence electrons. The topological polar surface area (TPSA) is 59.0 Å². The molecule has 0 aliphatic carbocycles. The molecule has 3 aromatic rings. The lowest BCUT2D eigenvalue weighted by atomic mass is 10.1. The van der Waals surface area contributed by atoms with Crippen LogP contribution >= 0.6 is 0 Å². The molecule has 4 heteroatoms. The van der Waals surface area contributed by atoms with Gasteiger partial charge in [0.2, 0.25) is 0 Å². The molecule has 0 atom stereocenters. The van der Waals surface area contributed by atoms with Crippen LogP contribution in [0.5, 0.6) is 5.75 Å². The molecule has 3 rings (SSSR count). The lowest BCUT2D eigenvalue weighted by molar-refractivity contribution is 0.248. The third kappa shape index (κ3) is 3.41. The quantitative estimate of drug-likeness (QED) is 0.716. The van der Waals surface area contributed by atoms with Crippen molar-refractivity contribution >= 4 is 0 Å². The van der Waals surface area contributed by atoms with Gasteiger partial charge in [-0.25, -0.2) is 0 Å². The zero-order valence-electron chi connectivity index (χ0n) is 13.0. The summed E-state index contributed by atoms with van der Waals surface area (Å²) < 4.78 is 11.1. The molecule has 0 fully saturated rings. The van der Waals surface area contributed by atoms with Gasteiger partial charge in [-0.05, 0) is 37.6 Å². The van der Waals surface area contributed by atoms with Gasteiger partial charge in [-0.15, -0.1) is 0 Å². The maximum absolute atomic E-state index is 8.87. The highest BCUT2D eigenvalue weighted by Gasteiger charge is 2.08. The van der Waals surface area contributed by atoms with Crippen molar-refractivity contribution in [1.29, 1.82) is 5.26 Å². The minimum atomic E-state index is 0.297. The molecule has 0 spiro atoms. The summed E-state index contributed by atoms with van der Waals surface area (Å²) in [4.78, 5) is 0. The molecule has 2 aromatic carbocycles. The fourth-order valence-corrected chi connectivity index (χ4v) is 2.27. The molecule has 0 unspecified atom stereocenters. The van der Waals surface area contributed by atoms with Crippen molar-refractivity contribution in [2.75, 3.05) is 0 Å². The molecular weight excluding hydrogens is 288 g/mol. The van der Waals surface area contributed by atoms with Crippen LogP contribution in [0.25, 0.3) is 11.3 Å². The summed E-state index contributed by atoms with van der Waals surface area (Å²) in [7, 11) is 0. The van der Waals surface area contributed by atoms with Crippen molar-refractivity contribution in [3.05, 3.63) is 71.0 Å². The fourth-order valence-electron chi connectivity index (χ4n) is 2.27. The first-order valence-corrected chi connectivity index (χ1v) is 7.32. The van der Waals surface area contributed by atoms with Crippen LogP contribution in [-0.4, -0.2) is 5.16 Å². The van der Waals surface area contributed by atoms with Crippen LogP contribution in [0, 0.1) is 25.2 Å². The fraction of sp³-hybridized carbons (Fsp3) is 0.158. The van der Waals surface area contributed by atoms with E-state index < -0.39 is 0 Å².